The minimum Gasteiger partial charge on any atom is -0.326 e. The first-order valence-corrected chi connectivity index (χ1v) is 6.23. The summed E-state index contributed by atoms with van der Waals surface area (Å²) in [6.45, 7) is 3.51. The van der Waals surface area contributed by atoms with Crippen LogP contribution < -0.4 is 11.1 Å². The number of nitrogens with one attached hydrogen (secondary N) is 1. The van der Waals surface area contributed by atoms with Crippen molar-refractivity contribution in [2.45, 2.75) is 38.4 Å². The van der Waals surface area contributed by atoms with E-state index in [0.717, 1.165) is 12.1 Å². The summed E-state index contributed by atoms with van der Waals surface area (Å²) in [7, 11) is 0. The van der Waals surface area contributed by atoms with Gasteiger partial charge < -0.3 is 11.1 Å². The van der Waals surface area contributed by atoms with E-state index in [1.54, 1.807) is 13.8 Å². The summed E-state index contributed by atoms with van der Waals surface area (Å²) in [5, 5.41) is 11.1. The quantitative estimate of drug-likeness (QED) is 0.897. The van der Waals surface area contributed by atoms with Gasteiger partial charge in [-0.2, -0.15) is 18.4 Å². The van der Waals surface area contributed by atoms with Crippen LogP contribution in [0.15, 0.2) is 18.2 Å². The number of nitrogens with zero attached hydrogens (tertiary/aromatic N) is 1. The van der Waals surface area contributed by atoms with Crippen molar-refractivity contribution in [3.05, 3.63) is 29.3 Å². The van der Waals surface area contributed by atoms with Crippen molar-refractivity contribution in [1.29, 1.82) is 5.26 Å². The van der Waals surface area contributed by atoms with Crippen molar-refractivity contribution in [3.63, 3.8) is 0 Å². The zero-order chi connectivity index (χ0) is 16.3. The minimum absolute atomic E-state index is 0.00107. The van der Waals surface area contributed by atoms with Crippen molar-refractivity contribution in [1.82, 2.24) is 0 Å². The maximum absolute atomic E-state index is 12.8. The number of alkyl halides is 3. The highest BCUT2D eigenvalue weighted by Crippen LogP contribution is 2.33. The van der Waals surface area contributed by atoms with E-state index in [9.17, 15) is 18.0 Å². The van der Waals surface area contributed by atoms with E-state index in [2.05, 4.69) is 5.32 Å². The molecule has 0 saturated carbocycles. The van der Waals surface area contributed by atoms with Crippen LogP contribution in [0.4, 0.5) is 18.9 Å². The second-order valence-electron chi connectivity index (χ2n) is 5.41. The number of nitrogens with two attached hydrogens (primary N) is 1. The van der Waals surface area contributed by atoms with Gasteiger partial charge in [0.1, 0.15) is 0 Å². The van der Waals surface area contributed by atoms with Gasteiger partial charge in [0.2, 0.25) is 5.91 Å². The molecule has 0 radical (unpaired) electrons. The molecule has 7 heteroatoms. The molecule has 0 spiro atoms. The van der Waals surface area contributed by atoms with Crippen molar-refractivity contribution in [3.8, 4) is 6.07 Å². The predicted octanol–water partition coefficient (Wildman–Crippen LogP) is 3.03. The third-order valence-corrected chi connectivity index (χ3v) is 2.73. The first-order valence-electron chi connectivity index (χ1n) is 6.23. The molecular weight excluding hydrogens is 283 g/mol. The number of rotatable bonds is 4. The number of hydrogen-bond donors (Lipinski definition) is 2. The Morgan fingerprint density at radius 2 is 2.00 bits per heavy atom. The van der Waals surface area contributed by atoms with Gasteiger partial charge in [-0.3, -0.25) is 4.79 Å². The van der Waals surface area contributed by atoms with Gasteiger partial charge in [0.15, 0.2) is 0 Å². The largest absolute Gasteiger partial charge is 0.417 e. The van der Waals surface area contributed by atoms with E-state index in [1.807, 2.05) is 0 Å². The molecule has 1 aromatic carbocycles. The molecule has 0 unspecified atom stereocenters. The summed E-state index contributed by atoms with van der Waals surface area (Å²) in [5.74, 6) is -0.425. The van der Waals surface area contributed by atoms with Gasteiger partial charge in [-0.25, -0.2) is 0 Å². The van der Waals surface area contributed by atoms with Crippen molar-refractivity contribution >= 4 is 11.6 Å². The Bertz CT molecular complexity index is 568. The van der Waals surface area contributed by atoms with Crippen LogP contribution >= 0.6 is 0 Å². The van der Waals surface area contributed by atoms with E-state index < -0.39 is 28.7 Å². The topological polar surface area (TPSA) is 78.9 Å². The van der Waals surface area contributed by atoms with Gasteiger partial charge in [-0.1, -0.05) is 0 Å². The number of nitriles is 1. The van der Waals surface area contributed by atoms with Crippen LogP contribution in [0, 0.1) is 11.3 Å². The molecule has 1 aromatic rings. The van der Waals surface area contributed by atoms with Crippen LogP contribution in [-0.2, 0) is 11.0 Å². The van der Waals surface area contributed by atoms with E-state index in [4.69, 9.17) is 11.0 Å². The van der Waals surface area contributed by atoms with Gasteiger partial charge >= 0.3 is 6.18 Å². The molecule has 1 amide bonds. The van der Waals surface area contributed by atoms with Crippen LogP contribution in [0.1, 0.15) is 37.8 Å². The van der Waals surface area contributed by atoms with E-state index >= 15 is 0 Å². The SMILES string of the molecule is CC(C)(N)CCC(=O)Nc1ccc(C#N)c(C(F)(F)F)c1. The standard InChI is InChI=1S/C14H16F3N3O/c1-13(2,19)6-5-12(21)20-10-4-3-9(8-18)11(7-10)14(15,16)17/h3-4,7H,5-6,19H2,1-2H3,(H,20,21). The second-order valence-corrected chi connectivity index (χ2v) is 5.41. The van der Waals surface area contributed by atoms with Crippen molar-refractivity contribution in [2.75, 3.05) is 5.32 Å². The highest BCUT2D eigenvalue weighted by Gasteiger charge is 2.33. The number of carbonyl (C=O) groups is 1. The summed E-state index contributed by atoms with van der Waals surface area (Å²) in [4.78, 5) is 11.7. The molecule has 0 aliphatic rings. The molecule has 1 rings (SSSR count). The number of anilines is 1. The third-order valence-electron chi connectivity index (χ3n) is 2.73. The van der Waals surface area contributed by atoms with Gasteiger partial charge in [-0.05, 0) is 38.5 Å². The lowest BCUT2D eigenvalue weighted by Gasteiger charge is -2.17. The number of benzene rings is 1. The molecule has 0 saturated heterocycles. The predicted molar refractivity (Wildman–Crippen MR) is 72.3 cm³/mol. The van der Waals surface area contributed by atoms with Crippen molar-refractivity contribution in [2.24, 2.45) is 5.73 Å². The summed E-state index contributed by atoms with van der Waals surface area (Å²) >= 11 is 0. The Balaban J connectivity index is 2.87. The zero-order valence-corrected chi connectivity index (χ0v) is 11.7. The summed E-state index contributed by atoms with van der Waals surface area (Å²) in [6.07, 6.45) is -4.14. The second kappa shape index (κ2) is 6.14. The normalized spacial score (nSPS) is 11.9. The van der Waals surface area contributed by atoms with Crippen molar-refractivity contribution < 1.29 is 18.0 Å². The fourth-order valence-corrected chi connectivity index (χ4v) is 1.61. The average Bonchev–Trinajstić information content (AvgIpc) is 2.34. The van der Waals surface area contributed by atoms with Gasteiger partial charge in [0, 0.05) is 17.6 Å². The summed E-state index contributed by atoms with van der Waals surface area (Å²) in [6, 6.07) is 4.53. The Morgan fingerprint density at radius 1 is 1.38 bits per heavy atom. The first kappa shape index (κ1) is 17.0. The Hall–Kier alpha value is -2.07. The lowest BCUT2D eigenvalue weighted by Crippen LogP contribution is -2.33. The van der Waals surface area contributed by atoms with Gasteiger partial charge in [-0.15, -0.1) is 0 Å². The molecule has 0 heterocycles. The molecule has 3 N–H and O–H groups in total. The Morgan fingerprint density at radius 3 is 2.48 bits per heavy atom. The summed E-state index contributed by atoms with van der Waals surface area (Å²) in [5.41, 5.74) is 3.65. The molecule has 0 atom stereocenters. The molecule has 4 nitrogen and oxygen atoms in total. The smallest absolute Gasteiger partial charge is 0.326 e. The Labute approximate surface area is 120 Å². The highest BCUT2D eigenvalue weighted by atomic mass is 19.4. The van der Waals surface area contributed by atoms with Gasteiger partial charge in [0.25, 0.3) is 0 Å². The molecule has 0 bridgehead atoms. The number of halogens is 3. The maximum Gasteiger partial charge on any atom is 0.417 e. The van der Waals surface area contributed by atoms with E-state index in [-0.39, 0.29) is 12.1 Å². The minimum atomic E-state index is -4.65. The van der Waals surface area contributed by atoms with Crippen LogP contribution in [0.2, 0.25) is 0 Å². The van der Waals surface area contributed by atoms with Gasteiger partial charge in [0.05, 0.1) is 17.2 Å². The molecule has 0 fully saturated rings. The number of amides is 1. The molecule has 21 heavy (non-hydrogen) atoms. The maximum atomic E-state index is 12.8. The first-order chi connectivity index (χ1) is 9.53. The fourth-order valence-electron chi connectivity index (χ4n) is 1.61. The molecular formula is C14H16F3N3O. The number of hydrogen-bond acceptors (Lipinski definition) is 3. The lowest BCUT2D eigenvalue weighted by molar-refractivity contribution is -0.137. The fraction of sp³-hybridized carbons (Fsp3) is 0.429. The molecule has 114 valence electrons. The van der Waals surface area contributed by atoms with Crippen LogP contribution in [-0.4, -0.2) is 11.4 Å². The third kappa shape index (κ3) is 5.44. The average molecular weight is 299 g/mol. The molecule has 0 aromatic heterocycles. The molecule has 0 aliphatic heterocycles. The number of carbonyl (C=O) groups excluding carboxylic acids is 1. The van der Waals surface area contributed by atoms with E-state index in [0.29, 0.717) is 6.42 Å². The molecule has 0 aliphatic carbocycles. The van der Waals surface area contributed by atoms with Crippen LogP contribution in [0.5, 0.6) is 0 Å². The Kier molecular flexibility index (Phi) is 4.97. The summed E-state index contributed by atoms with van der Waals surface area (Å²) < 4.78 is 38.3. The monoisotopic (exact) mass is 299 g/mol. The highest BCUT2D eigenvalue weighted by molar-refractivity contribution is 5.90. The van der Waals surface area contributed by atoms with E-state index in [1.165, 1.54) is 12.1 Å². The van der Waals surface area contributed by atoms with Crippen LogP contribution in [0.25, 0.3) is 0 Å². The zero-order valence-electron chi connectivity index (χ0n) is 11.7. The lowest BCUT2D eigenvalue weighted by atomic mass is 10.00. The van der Waals surface area contributed by atoms with Crippen LogP contribution in [0.3, 0.4) is 0 Å².